The maximum Gasteiger partial charge on any atom is 0.340 e. The van der Waals surface area contributed by atoms with Crippen molar-refractivity contribution in [2.75, 3.05) is 25.2 Å². The Morgan fingerprint density at radius 2 is 1.97 bits per heavy atom. The summed E-state index contributed by atoms with van der Waals surface area (Å²) in [4.78, 5) is 53.5. The molecule has 9 heteroatoms. The smallest absolute Gasteiger partial charge is 0.340 e. The number of nitrogens with zero attached hydrogens (tertiary/aromatic N) is 1. The summed E-state index contributed by atoms with van der Waals surface area (Å²) in [5, 5.41) is 0. The quantitative estimate of drug-likeness (QED) is 0.713. The topological polar surface area (TPSA) is 125 Å². The third-order valence-corrected chi connectivity index (χ3v) is 5.74. The third kappa shape index (κ3) is 2.83. The van der Waals surface area contributed by atoms with E-state index in [-0.39, 0.29) is 48.1 Å². The first-order valence-electron chi connectivity index (χ1n) is 9.98. The number of anilines is 1. The van der Waals surface area contributed by atoms with Crippen LogP contribution >= 0.6 is 0 Å². The zero-order valence-corrected chi connectivity index (χ0v) is 17.2. The molecular formula is C22H22N2O7. The number of carbonyl (C=O) groups excluding carboxylic acids is 4. The summed E-state index contributed by atoms with van der Waals surface area (Å²) in [6.45, 7) is 1.43. The molecule has 2 N–H and O–H groups in total. The zero-order valence-electron chi connectivity index (χ0n) is 17.2. The number of esters is 2. The molecule has 1 atom stereocenters. The van der Waals surface area contributed by atoms with Gasteiger partial charge in [-0.15, -0.1) is 0 Å². The maximum absolute atomic E-state index is 14.0. The van der Waals surface area contributed by atoms with Crippen molar-refractivity contribution in [3.05, 3.63) is 52.6 Å². The van der Waals surface area contributed by atoms with E-state index in [1.54, 1.807) is 31.2 Å². The summed E-state index contributed by atoms with van der Waals surface area (Å²) in [6, 6.07) is 6.68. The van der Waals surface area contributed by atoms with E-state index in [1.807, 2.05) is 0 Å². The first-order valence-corrected chi connectivity index (χ1v) is 9.98. The molecule has 0 bridgehead atoms. The Morgan fingerprint density at radius 3 is 2.68 bits per heavy atom. The second kappa shape index (κ2) is 7.57. The van der Waals surface area contributed by atoms with Crippen LogP contribution in [0.15, 0.2) is 47.1 Å². The van der Waals surface area contributed by atoms with Gasteiger partial charge in [0, 0.05) is 24.1 Å². The molecule has 0 fully saturated rings. The Balaban J connectivity index is 2.02. The second-order valence-corrected chi connectivity index (χ2v) is 7.37. The predicted molar refractivity (Wildman–Crippen MR) is 107 cm³/mol. The fraction of sp³-hybridized carbons (Fsp3) is 0.364. The number of benzene rings is 1. The van der Waals surface area contributed by atoms with Crippen LogP contribution in [0, 0.1) is 0 Å². The van der Waals surface area contributed by atoms with E-state index in [1.165, 1.54) is 4.90 Å². The first-order chi connectivity index (χ1) is 14.9. The highest BCUT2D eigenvalue weighted by molar-refractivity contribution is 6.24. The number of Topliss-reactive ketones (excluding diaryl/α,β-unsaturated/α-hetero) is 1. The number of fused-ring (bicyclic) bond motifs is 3. The van der Waals surface area contributed by atoms with Crippen LogP contribution in [0.5, 0.6) is 0 Å². The van der Waals surface area contributed by atoms with Crippen molar-refractivity contribution in [3.63, 3.8) is 0 Å². The fourth-order valence-corrected chi connectivity index (χ4v) is 4.61. The largest absolute Gasteiger partial charge is 0.465 e. The number of ether oxygens (including phenoxy) is 3. The summed E-state index contributed by atoms with van der Waals surface area (Å²) >= 11 is 0. The van der Waals surface area contributed by atoms with Gasteiger partial charge in [0.05, 0.1) is 19.3 Å². The molecule has 31 heavy (non-hydrogen) atoms. The monoisotopic (exact) mass is 426 g/mol. The van der Waals surface area contributed by atoms with E-state index in [2.05, 4.69) is 0 Å². The molecule has 1 unspecified atom stereocenters. The normalized spacial score (nSPS) is 22.3. The molecule has 0 saturated heterocycles. The number of hydrogen-bond donors (Lipinski definition) is 1. The van der Waals surface area contributed by atoms with Crippen LogP contribution in [0.2, 0.25) is 0 Å². The predicted octanol–water partition coefficient (Wildman–Crippen LogP) is 1.21. The van der Waals surface area contributed by atoms with E-state index in [9.17, 15) is 19.2 Å². The van der Waals surface area contributed by atoms with E-state index in [4.69, 9.17) is 19.9 Å². The van der Waals surface area contributed by atoms with E-state index in [0.29, 0.717) is 24.1 Å². The van der Waals surface area contributed by atoms with Crippen LogP contribution in [0.3, 0.4) is 0 Å². The average molecular weight is 426 g/mol. The standard InChI is InChI=1S/C22H22N2O7/c1-3-30-16(26)11-24-13-8-5-4-7-12(13)22(21(24)28)17-14(25)9-6-10-15(17)31-19(23)18(22)20(27)29-2/h4-5,7-8H,3,6,9-11,23H2,1-2H3. The summed E-state index contributed by atoms with van der Waals surface area (Å²) < 4.78 is 15.6. The molecule has 0 radical (unpaired) electrons. The molecule has 0 aromatic heterocycles. The number of carbonyl (C=O) groups is 4. The minimum absolute atomic E-state index is 0.0807. The molecule has 1 aromatic rings. The van der Waals surface area contributed by atoms with Gasteiger partial charge in [-0.2, -0.15) is 0 Å². The van der Waals surface area contributed by atoms with E-state index in [0.717, 1.165) is 7.11 Å². The molecule has 162 valence electrons. The first kappa shape index (κ1) is 20.6. The number of methoxy groups -OCH3 is 1. The lowest BCUT2D eigenvalue weighted by molar-refractivity contribution is -0.142. The lowest BCUT2D eigenvalue weighted by Crippen LogP contribution is -2.52. The van der Waals surface area contributed by atoms with Gasteiger partial charge in [0.1, 0.15) is 23.3 Å². The highest BCUT2D eigenvalue weighted by Crippen LogP contribution is 2.55. The highest BCUT2D eigenvalue weighted by Gasteiger charge is 2.63. The van der Waals surface area contributed by atoms with Crippen molar-refractivity contribution in [1.29, 1.82) is 0 Å². The van der Waals surface area contributed by atoms with Crippen molar-refractivity contribution in [2.45, 2.75) is 31.6 Å². The highest BCUT2D eigenvalue weighted by atomic mass is 16.5. The molecule has 2 heterocycles. The Morgan fingerprint density at radius 1 is 1.23 bits per heavy atom. The van der Waals surface area contributed by atoms with Crippen LogP contribution < -0.4 is 10.6 Å². The Hall–Kier alpha value is -3.62. The molecule has 9 nitrogen and oxygen atoms in total. The van der Waals surface area contributed by atoms with Gasteiger partial charge in [-0.3, -0.25) is 19.3 Å². The molecule has 1 aromatic carbocycles. The lowest BCUT2D eigenvalue weighted by Gasteiger charge is -2.38. The molecule has 0 saturated carbocycles. The maximum atomic E-state index is 14.0. The second-order valence-electron chi connectivity index (χ2n) is 7.37. The van der Waals surface area contributed by atoms with Gasteiger partial charge in [0.2, 0.25) is 11.8 Å². The Bertz CT molecular complexity index is 1070. The third-order valence-electron chi connectivity index (χ3n) is 5.74. The van der Waals surface area contributed by atoms with Gasteiger partial charge in [-0.1, -0.05) is 18.2 Å². The Labute approximate surface area is 178 Å². The number of ketones is 1. The lowest BCUT2D eigenvalue weighted by atomic mass is 9.64. The number of allylic oxidation sites excluding steroid dienone is 1. The minimum Gasteiger partial charge on any atom is -0.465 e. The van der Waals surface area contributed by atoms with Crippen LogP contribution in [-0.2, 0) is 38.8 Å². The number of amides is 1. The zero-order chi connectivity index (χ0) is 22.3. The van der Waals surface area contributed by atoms with Gasteiger partial charge in [0.15, 0.2) is 5.78 Å². The van der Waals surface area contributed by atoms with E-state index < -0.39 is 23.3 Å². The fourth-order valence-electron chi connectivity index (χ4n) is 4.61. The van der Waals surface area contributed by atoms with Crippen LogP contribution in [0.25, 0.3) is 0 Å². The molecular weight excluding hydrogens is 404 g/mol. The molecule has 2 aliphatic heterocycles. The summed E-state index contributed by atoms with van der Waals surface area (Å²) in [7, 11) is 1.16. The summed E-state index contributed by atoms with van der Waals surface area (Å²) in [6.07, 6.45) is 1.13. The minimum atomic E-state index is -1.84. The van der Waals surface area contributed by atoms with Crippen LogP contribution in [0.4, 0.5) is 5.69 Å². The number of nitrogens with two attached hydrogens (primary N) is 1. The number of hydrogen-bond acceptors (Lipinski definition) is 8. The molecule has 3 aliphatic rings. The average Bonchev–Trinajstić information content (AvgIpc) is 2.97. The van der Waals surface area contributed by atoms with Gasteiger partial charge >= 0.3 is 11.9 Å². The van der Waals surface area contributed by atoms with Crippen molar-refractivity contribution in [1.82, 2.24) is 0 Å². The van der Waals surface area contributed by atoms with Gasteiger partial charge in [0.25, 0.3) is 0 Å². The SMILES string of the molecule is CCOC(=O)CN1C(=O)C2(C(C(=O)OC)=C(N)OC3=C2C(=O)CCC3)c2ccccc21. The van der Waals surface area contributed by atoms with Gasteiger partial charge < -0.3 is 19.9 Å². The number of para-hydroxylation sites is 1. The van der Waals surface area contributed by atoms with E-state index >= 15 is 0 Å². The van der Waals surface area contributed by atoms with Crippen molar-refractivity contribution in [2.24, 2.45) is 5.73 Å². The van der Waals surface area contributed by atoms with Crippen molar-refractivity contribution in [3.8, 4) is 0 Å². The molecule has 1 spiro atoms. The van der Waals surface area contributed by atoms with Crippen LogP contribution in [0.1, 0.15) is 31.7 Å². The van der Waals surface area contributed by atoms with Gasteiger partial charge in [-0.25, -0.2) is 4.79 Å². The Kier molecular flexibility index (Phi) is 5.04. The molecule has 1 amide bonds. The van der Waals surface area contributed by atoms with Crippen molar-refractivity contribution >= 4 is 29.3 Å². The molecule has 4 rings (SSSR count). The van der Waals surface area contributed by atoms with Crippen molar-refractivity contribution < 1.29 is 33.4 Å². The summed E-state index contributed by atoms with van der Waals surface area (Å²) in [5.41, 5.74) is 4.87. The molecule has 1 aliphatic carbocycles. The number of rotatable bonds is 4. The van der Waals surface area contributed by atoms with Gasteiger partial charge in [-0.05, 0) is 19.4 Å². The van der Waals surface area contributed by atoms with Crippen LogP contribution in [-0.4, -0.2) is 43.9 Å². The summed E-state index contributed by atoms with van der Waals surface area (Å²) in [5.74, 6) is -2.48.